The predicted molar refractivity (Wildman–Crippen MR) is 75.9 cm³/mol. The van der Waals surface area contributed by atoms with Gasteiger partial charge in [-0.3, -0.25) is 4.68 Å². The van der Waals surface area contributed by atoms with Gasteiger partial charge in [-0.1, -0.05) is 6.07 Å². The lowest BCUT2D eigenvalue weighted by molar-refractivity contribution is 0.627. The van der Waals surface area contributed by atoms with E-state index in [0.717, 1.165) is 22.5 Å². The number of anilines is 1. The van der Waals surface area contributed by atoms with Crippen LogP contribution in [0.4, 0.5) is 10.1 Å². The molecular weight excluding hydrogens is 241 g/mol. The summed E-state index contributed by atoms with van der Waals surface area (Å²) in [5.41, 5.74) is 4.79. The van der Waals surface area contributed by atoms with E-state index in [1.807, 2.05) is 45.5 Å². The van der Waals surface area contributed by atoms with Crippen LogP contribution in [-0.4, -0.2) is 9.78 Å². The van der Waals surface area contributed by atoms with Crippen molar-refractivity contribution in [2.45, 2.75) is 33.7 Å². The molecule has 0 aliphatic carbocycles. The summed E-state index contributed by atoms with van der Waals surface area (Å²) >= 11 is 0. The van der Waals surface area contributed by atoms with Gasteiger partial charge in [0.2, 0.25) is 0 Å². The van der Waals surface area contributed by atoms with Crippen LogP contribution in [0.1, 0.15) is 35.5 Å². The average Bonchev–Trinajstić information content (AvgIpc) is 2.58. The highest BCUT2D eigenvalue weighted by atomic mass is 19.1. The Morgan fingerprint density at radius 1 is 1.26 bits per heavy atom. The Labute approximate surface area is 113 Å². The van der Waals surface area contributed by atoms with Gasteiger partial charge in [0, 0.05) is 18.3 Å². The number of halogens is 1. The fourth-order valence-corrected chi connectivity index (χ4v) is 2.47. The van der Waals surface area contributed by atoms with Crippen molar-refractivity contribution < 1.29 is 4.39 Å². The first kappa shape index (κ1) is 13.6. The second kappa shape index (κ2) is 5.03. The van der Waals surface area contributed by atoms with E-state index < -0.39 is 0 Å². The van der Waals surface area contributed by atoms with Gasteiger partial charge in [-0.25, -0.2) is 4.39 Å². The molecule has 1 heterocycles. The molecule has 1 atom stereocenters. The Morgan fingerprint density at radius 3 is 2.53 bits per heavy atom. The maximum Gasteiger partial charge on any atom is 0.146 e. The van der Waals surface area contributed by atoms with E-state index >= 15 is 0 Å². The van der Waals surface area contributed by atoms with Crippen molar-refractivity contribution in [1.82, 2.24) is 9.78 Å². The molecule has 0 saturated heterocycles. The second-order valence-electron chi connectivity index (χ2n) is 5.06. The molecule has 2 aromatic rings. The summed E-state index contributed by atoms with van der Waals surface area (Å²) in [5, 5.41) is 7.63. The molecule has 1 unspecified atom stereocenters. The minimum Gasteiger partial charge on any atom is -0.376 e. The minimum absolute atomic E-state index is 0.0185. The molecule has 2 rings (SSSR count). The first-order valence-corrected chi connectivity index (χ1v) is 6.43. The van der Waals surface area contributed by atoms with Crippen molar-refractivity contribution in [2.75, 3.05) is 5.32 Å². The summed E-state index contributed by atoms with van der Waals surface area (Å²) in [5.74, 6) is -0.225. The molecule has 102 valence electrons. The Kier molecular flexibility index (Phi) is 3.60. The van der Waals surface area contributed by atoms with Crippen LogP contribution >= 0.6 is 0 Å². The molecule has 0 fully saturated rings. The smallest absolute Gasteiger partial charge is 0.146 e. The van der Waals surface area contributed by atoms with Gasteiger partial charge in [0.15, 0.2) is 0 Å². The summed E-state index contributed by atoms with van der Waals surface area (Å²) in [6.07, 6.45) is 0. The molecule has 0 amide bonds. The minimum atomic E-state index is -0.225. The lowest BCUT2D eigenvalue weighted by Crippen LogP contribution is -2.10. The van der Waals surface area contributed by atoms with Gasteiger partial charge in [0.25, 0.3) is 0 Å². The highest BCUT2D eigenvalue weighted by Crippen LogP contribution is 2.26. The van der Waals surface area contributed by atoms with Crippen LogP contribution in [0.3, 0.4) is 0 Å². The molecule has 0 bridgehead atoms. The monoisotopic (exact) mass is 261 g/mol. The Hall–Kier alpha value is -1.84. The number of nitrogens with zero attached hydrogens (tertiary/aromatic N) is 2. The molecule has 1 aromatic carbocycles. The largest absolute Gasteiger partial charge is 0.376 e. The quantitative estimate of drug-likeness (QED) is 0.913. The normalized spacial score (nSPS) is 12.5. The molecule has 0 saturated carbocycles. The number of rotatable bonds is 3. The number of benzene rings is 1. The highest BCUT2D eigenvalue weighted by molar-refractivity contribution is 5.49. The lowest BCUT2D eigenvalue weighted by Gasteiger charge is -2.17. The molecular formula is C15H20FN3. The van der Waals surface area contributed by atoms with Gasteiger partial charge >= 0.3 is 0 Å². The van der Waals surface area contributed by atoms with Crippen molar-refractivity contribution in [3.05, 3.63) is 46.5 Å². The Balaban J connectivity index is 2.30. The van der Waals surface area contributed by atoms with Gasteiger partial charge in [-0.15, -0.1) is 0 Å². The molecule has 19 heavy (non-hydrogen) atoms. The molecule has 0 aliphatic rings. The van der Waals surface area contributed by atoms with Crippen molar-refractivity contribution in [1.29, 1.82) is 0 Å². The third kappa shape index (κ3) is 2.62. The fraction of sp³-hybridized carbons (Fsp3) is 0.400. The van der Waals surface area contributed by atoms with Gasteiger partial charge in [-0.2, -0.15) is 5.10 Å². The summed E-state index contributed by atoms with van der Waals surface area (Å²) < 4.78 is 15.6. The fourth-order valence-electron chi connectivity index (χ4n) is 2.47. The summed E-state index contributed by atoms with van der Waals surface area (Å²) in [4.78, 5) is 0. The van der Waals surface area contributed by atoms with Gasteiger partial charge in [0.1, 0.15) is 5.82 Å². The van der Waals surface area contributed by atoms with Gasteiger partial charge in [-0.05, 0) is 45.4 Å². The van der Waals surface area contributed by atoms with Crippen LogP contribution in [0.5, 0.6) is 0 Å². The van der Waals surface area contributed by atoms with Crippen LogP contribution in [0.2, 0.25) is 0 Å². The predicted octanol–water partition coefficient (Wildman–Crippen LogP) is 3.66. The topological polar surface area (TPSA) is 29.9 Å². The zero-order valence-corrected chi connectivity index (χ0v) is 12.1. The van der Waals surface area contributed by atoms with E-state index in [2.05, 4.69) is 10.4 Å². The molecule has 4 heteroatoms. The third-order valence-electron chi connectivity index (χ3n) is 3.49. The molecule has 0 radical (unpaired) electrons. The molecule has 0 aliphatic heterocycles. The van der Waals surface area contributed by atoms with E-state index in [1.165, 1.54) is 6.07 Å². The zero-order valence-electron chi connectivity index (χ0n) is 12.1. The van der Waals surface area contributed by atoms with E-state index in [9.17, 15) is 4.39 Å². The number of aryl methyl sites for hydroxylation is 3. The summed E-state index contributed by atoms with van der Waals surface area (Å²) in [7, 11) is 1.92. The van der Waals surface area contributed by atoms with Crippen LogP contribution < -0.4 is 5.32 Å². The Morgan fingerprint density at radius 2 is 1.95 bits per heavy atom. The number of hydrogen-bond donors (Lipinski definition) is 1. The molecule has 0 spiro atoms. The van der Waals surface area contributed by atoms with Crippen molar-refractivity contribution in [3.8, 4) is 0 Å². The van der Waals surface area contributed by atoms with E-state index in [4.69, 9.17) is 0 Å². The number of aromatic nitrogens is 2. The van der Waals surface area contributed by atoms with E-state index in [0.29, 0.717) is 5.69 Å². The van der Waals surface area contributed by atoms with Crippen LogP contribution in [0, 0.1) is 26.6 Å². The van der Waals surface area contributed by atoms with Crippen molar-refractivity contribution >= 4 is 5.69 Å². The SMILES string of the molecule is Cc1ccc(F)c(NC(C)c2c(C)nn(C)c2C)c1. The van der Waals surface area contributed by atoms with Crippen molar-refractivity contribution in [3.63, 3.8) is 0 Å². The van der Waals surface area contributed by atoms with E-state index in [1.54, 1.807) is 6.07 Å². The van der Waals surface area contributed by atoms with Crippen LogP contribution in [-0.2, 0) is 7.05 Å². The lowest BCUT2D eigenvalue weighted by atomic mass is 10.1. The average molecular weight is 261 g/mol. The standard InChI is InChI=1S/C15H20FN3/c1-9-6-7-13(16)14(8-9)17-10(2)15-11(3)18-19(5)12(15)4/h6-8,10,17H,1-5H3. The first-order chi connectivity index (χ1) is 8.90. The molecule has 3 nitrogen and oxygen atoms in total. The van der Waals surface area contributed by atoms with Gasteiger partial charge < -0.3 is 5.32 Å². The second-order valence-corrected chi connectivity index (χ2v) is 5.06. The van der Waals surface area contributed by atoms with Crippen LogP contribution in [0.15, 0.2) is 18.2 Å². The summed E-state index contributed by atoms with van der Waals surface area (Å²) in [6, 6.07) is 5.11. The zero-order chi connectivity index (χ0) is 14.2. The molecule has 1 N–H and O–H groups in total. The maximum atomic E-state index is 13.8. The van der Waals surface area contributed by atoms with Gasteiger partial charge in [0.05, 0.1) is 17.4 Å². The maximum absolute atomic E-state index is 13.8. The van der Waals surface area contributed by atoms with E-state index in [-0.39, 0.29) is 11.9 Å². The Bertz CT molecular complexity index is 602. The summed E-state index contributed by atoms with van der Waals surface area (Å²) in [6.45, 7) is 7.99. The van der Waals surface area contributed by atoms with Crippen molar-refractivity contribution in [2.24, 2.45) is 7.05 Å². The first-order valence-electron chi connectivity index (χ1n) is 6.43. The molecule has 1 aromatic heterocycles. The highest BCUT2D eigenvalue weighted by Gasteiger charge is 2.17. The number of hydrogen-bond acceptors (Lipinski definition) is 2. The van der Waals surface area contributed by atoms with Crippen LogP contribution in [0.25, 0.3) is 0 Å². The third-order valence-corrected chi connectivity index (χ3v) is 3.49. The number of nitrogens with one attached hydrogen (secondary N) is 1.